The SMILES string of the molecule is COCCNC(=O)[C@@H](C)OC(=O)[C@H]1CC(=O)N(c2cc(C)ccc2OC)C1. The van der Waals surface area contributed by atoms with E-state index in [4.69, 9.17) is 14.2 Å². The first-order chi connectivity index (χ1) is 12.9. The van der Waals surface area contributed by atoms with Gasteiger partial charge in [-0.1, -0.05) is 6.07 Å². The van der Waals surface area contributed by atoms with Gasteiger partial charge in [-0.2, -0.15) is 0 Å². The number of rotatable bonds is 8. The van der Waals surface area contributed by atoms with Crippen molar-refractivity contribution in [3.63, 3.8) is 0 Å². The van der Waals surface area contributed by atoms with Crippen LogP contribution in [0.25, 0.3) is 0 Å². The maximum Gasteiger partial charge on any atom is 0.312 e. The fourth-order valence-corrected chi connectivity index (χ4v) is 2.85. The van der Waals surface area contributed by atoms with Gasteiger partial charge in [0.25, 0.3) is 5.91 Å². The predicted octanol–water partition coefficient (Wildman–Crippen LogP) is 1.05. The number of methoxy groups -OCH3 is 2. The lowest BCUT2D eigenvalue weighted by atomic mass is 10.1. The van der Waals surface area contributed by atoms with Crippen molar-refractivity contribution >= 4 is 23.5 Å². The summed E-state index contributed by atoms with van der Waals surface area (Å²) < 4.78 is 15.4. The molecule has 1 saturated heterocycles. The summed E-state index contributed by atoms with van der Waals surface area (Å²) in [4.78, 5) is 38.3. The van der Waals surface area contributed by atoms with Gasteiger partial charge in [-0.3, -0.25) is 14.4 Å². The van der Waals surface area contributed by atoms with Crippen LogP contribution in [0.2, 0.25) is 0 Å². The highest BCUT2D eigenvalue weighted by molar-refractivity contribution is 6.00. The lowest BCUT2D eigenvalue weighted by Crippen LogP contribution is -2.38. The Morgan fingerprint density at radius 1 is 1.33 bits per heavy atom. The van der Waals surface area contributed by atoms with Crippen molar-refractivity contribution in [2.75, 3.05) is 38.8 Å². The molecule has 1 heterocycles. The number of carbonyl (C=O) groups is 3. The molecular formula is C19H26N2O6. The van der Waals surface area contributed by atoms with E-state index in [1.54, 1.807) is 6.07 Å². The molecule has 8 nitrogen and oxygen atoms in total. The molecule has 1 aliphatic rings. The average Bonchev–Trinajstić information content (AvgIpc) is 3.03. The van der Waals surface area contributed by atoms with Gasteiger partial charge in [0.1, 0.15) is 5.75 Å². The molecule has 0 aromatic heterocycles. The Morgan fingerprint density at radius 2 is 2.07 bits per heavy atom. The van der Waals surface area contributed by atoms with Crippen LogP contribution in [-0.2, 0) is 23.9 Å². The summed E-state index contributed by atoms with van der Waals surface area (Å²) >= 11 is 0. The third kappa shape index (κ3) is 5.19. The van der Waals surface area contributed by atoms with Crippen molar-refractivity contribution in [3.8, 4) is 5.75 Å². The molecule has 0 aliphatic carbocycles. The van der Waals surface area contributed by atoms with E-state index in [2.05, 4.69) is 5.32 Å². The van der Waals surface area contributed by atoms with Crippen LogP contribution in [0, 0.1) is 12.8 Å². The average molecular weight is 378 g/mol. The molecule has 2 amide bonds. The lowest BCUT2D eigenvalue weighted by molar-refractivity contribution is -0.158. The van der Waals surface area contributed by atoms with Crippen LogP contribution in [0.4, 0.5) is 5.69 Å². The Labute approximate surface area is 158 Å². The van der Waals surface area contributed by atoms with Gasteiger partial charge in [-0.15, -0.1) is 0 Å². The lowest BCUT2D eigenvalue weighted by Gasteiger charge is -2.20. The van der Waals surface area contributed by atoms with Crippen molar-refractivity contribution in [1.82, 2.24) is 5.32 Å². The topological polar surface area (TPSA) is 94.2 Å². The molecule has 0 unspecified atom stereocenters. The second kappa shape index (κ2) is 9.36. The molecular weight excluding hydrogens is 352 g/mol. The van der Waals surface area contributed by atoms with Gasteiger partial charge in [0.05, 0.1) is 25.3 Å². The van der Waals surface area contributed by atoms with E-state index in [0.717, 1.165) is 5.56 Å². The van der Waals surface area contributed by atoms with E-state index in [1.165, 1.54) is 26.0 Å². The molecule has 8 heteroatoms. The van der Waals surface area contributed by atoms with Crippen LogP contribution in [-0.4, -0.2) is 57.8 Å². The van der Waals surface area contributed by atoms with Gasteiger partial charge in [-0.05, 0) is 31.5 Å². The van der Waals surface area contributed by atoms with Crippen molar-refractivity contribution in [1.29, 1.82) is 0 Å². The van der Waals surface area contributed by atoms with Crippen LogP contribution >= 0.6 is 0 Å². The number of hydrogen-bond donors (Lipinski definition) is 1. The summed E-state index contributed by atoms with van der Waals surface area (Å²) in [5.74, 6) is -1.21. The van der Waals surface area contributed by atoms with Crippen LogP contribution < -0.4 is 15.0 Å². The zero-order valence-corrected chi connectivity index (χ0v) is 16.1. The highest BCUT2D eigenvalue weighted by Gasteiger charge is 2.38. The summed E-state index contributed by atoms with van der Waals surface area (Å²) in [5.41, 5.74) is 1.61. The van der Waals surface area contributed by atoms with Crippen molar-refractivity contribution in [2.45, 2.75) is 26.4 Å². The largest absolute Gasteiger partial charge is 0.495 e. The Hall–Kier alpha value is -2.61. The summed E-state index contributed by atoms with van der Waals surface area (Å²) in [5, 5.41) is 2.61. The Kier molecular flexibility index (Phi) is 7.18. The normalized spacial score (nSPS) is 17.6. The number of aryl methyl sites for hydroxylation is 1. The van der Waals surface area contributed by atoms with Crippen molar-refractivity contribution in [2.24, 2.45) is 5.92 Å². The monoisotopic (exact) mass is 378 g/mol. The van der Waals surface area contributed by atoms with E-state index in [1.807, 2.05) is 19.1 Å². The number of hydrogen-bond acceptors (Lipinski definition) is 6. The number of ether oxygens (including phenoxy) is 3. The van der Waals surface area contributed by atoms with Crippen LogP contribution in [0.3, 0.4) is 0 Å². The second-order valence-electron chi connectivity index (χ2n) is 6.44. The molecule has 1 fully saturated rings. The Bertz CT molecular complexity index is 705. The summed E-state index contributed by atoms with van der Waals surface area (Å²) in [6, 6.07) is 5.52. The number of esters is 1. The van der Waals surface area contributed by atoms with Gasteiger partial charge in [0.2, 0.25) is 5.91 Å². The van der Waals surface area contributed by atoms with Crippen LogP contribution in [0.1, 0.15) is 18.9 Å². The predicted molar refractivity (Wildman–Crippen MR) is 98.6 cm³/mol. The Morgan fingerprint density at radius 3 is 2.74 bits per heavy atom. The van der Waals surface area contributed by atoms with Gasteiger partial charge >= 0.3 is 5.97 Å². The minimum Gasteiger partial charge on any atom is -0.495 e. The van der Waals surface area contributed by atoms with E-state index in [0.29, 0.717) is 24.6 Å². The zero-order valence-electron chi connectivity index (χ0n) is 16.1. The summed E-state index contributed by atoms with van der Waals surface area (Å²) in [6.07, 6.45) is -0.902. The van der Waals surface area contributed by atoms with Gasteiger partial charge < -0.3 is 24.4 Å². The first-order valence-electron chi connectivity index (χ1n) is 8.79. The first-order valence-corrected chi connectivity index (χ1v) is 8.79. The van der Waals surface area contributed by atoms with Crippen LogP contribution in [0.5, 0.6) is 5.75 Å². The molecule has 1 aliphatic heterocycles. The fraction of sp³-hybridized carbons (Fsp3) is 0.526. The minimum atomic E-state index is -0.938. The first kappa shape index (κ1) is 20.7. The fourth-order valence-electron chi connectivity index (χ4n) is 2.85. The standard InChI is InChI=1S/C19H26N2O6/c1-12-5-6-16(26-4)15(9-12)21-11-14(10-17(21)22)19(24)27-13(2)18(23)20-7-8-25-3/h5-6,9,13-14H,7-8,10-11H2,1-4H3,(H,20,23)/t13-,14+/m1/s1. The summed E-state index contributed by atoms with van der Waals surface area (Å²) in [7, 11) is 3.06. The third-order valence-electron chi connectivity index (χ3n) is 4.35. The van der Waals surface area contributed by atoms with Crippen molar-refractivity contribution in [3.05, 3.63) is 23.8 Å². The van der Waals surface area contributed by atoms with Gasteiger partial charge in [-0.25, -0.2) is 0 Å². The highest BCUT2D eigenvalue weighted by atomic mass is 16.5. The number of anilines is 1. The second-order valence-corrected chi connectivity index (χ2v) is 6.44. The molecule has 0 spiro atoms. The van der Waals surface area contributed by atoms with E-state index >= 15 is 0 Å². The minimum absolute atomic E-state index is 0.0357. The number of amides is 2. The number of nitrogens with zero attached hydrogens (tertiary/aromatic N) is 1. The maximum atomic E-state index is 12.4. The zero-order chi connectivity index (χ0) is 20.0. The molecule has 27 heavy (non-hydrogen) atoms. The number of benzene rings is 1. The molecule has 1 aromatic carbocycles. The molecule has 148 valence electrons. The van der Waals surface area contributed by atoms with Gasteiger partial charge in [0.15, 0.2) is 6.10 Å². The van der Waals surface area contributed by atoms with E-state index in [-0.39, 0.29) is 18.9 Å². The van der Waals surface area contributed by atoms with Crippen molar-refractivity contribution < 1.29 is 28.6 Å². The Balaban J connectivity index is 1.99. The molecule has 2 atom stereocenters. The highest BCUT2D eigenvalue weighted by Crippen LogP contribution is 2.34. The van der Waals surface area contributed by atoms with E-state index in [9.17, 15) is 14.4 Å². The molecule has 1 aromatic rings. The number of nitrogens with one attached hydrogen (secondary N) is 1. The molecule has 2 rings (SSSR count). The third-order valence-corrected chi connectivity index (χ3v) is 4.35. The quantitative estimate of drug-likeness (QED) is 0.537. The molecule has 0 radical (unpaired) electrons. The van der Waals surface area contributed by atoms with E-state index < -0.39 is 23.9 Å². The van der Waals surface area contributed by atoms with Crippen LogP contribution in [0.15, 0.2) is 18.2 Å². The molecule has 0 bridgehead atoms. The molecule has 1 N–H and O–H groups in total. The van der Waals surface area contributed by atoms with Gasteiger partial charge in [0, 0.05) is 26.6 Å². The molecule has 0 saturated carbocycles. The number of carbonyl (C=O) groups excluding carboxylic acids is 3. The smallest absolute Gasteiger partial charge is 0.312 e. The maximum absolute atomic E-state index is 12.4. The summed E-state index contributed by atoms with van der Waals surface area (Å²) in [6.45, 7) is 4.31.